The first-order valence-corrected chi connectivity index (χ1v) is 6.78. The lowest BCUT2D eigenvalue weighted by Gasteiger charge is -2.25. The lowest BCUT2D eigenvalue weighted by atomic mass is 10.0. The molecule has 2 N–H and O–H groups in total. The van der Waals surface area contributed by atoms with Crippen LogP contribution in [-0.4, -0.2) is 30.3 Å². The van der Waals surface area contributed by atoms with Crippen LogP contribution in [0.15, 0.2) is 18.2 Å². The molecule has 1 aromatic carbocycles. The highest BCUT2D eigenvalue weighted by Crippen LogP contribution is 2.15. The summed E-state index contributed by atoms with van der Waals surface area (Å²) in [5.41, 5.74) is 8.32. The molecule has 1 fully saturated rings. The van der Waals surface area contributed by atoms with Crippen LogP contribution < -0.4 is 5.73 Å². The van der Waals surface area contributed by atoms with Crippen LogP contribution in [0.2, 0.25) is 0 Å². The van der Waals surface area contributed by atoms with Crippen LogP contribution in [0.25, 0.3) is 0 Å². The SMILES string of the molecule is Cc1ccc(C(=O)CCN2CCCCC2)cc1N. The minimum absolute atomic E-state index is 0.201. The van der Waals surface area contributed by atoms with Crippen LogP contribution in [-0.2, 0) is 0 Å². The van der Waals surface area contributed by atoms with Gasteiger partial charge in [0, 0.05) is 24.2 Å². The molecule has 1 saturated heterocycles. The van der Waals surface area contributed by atoms with Gasteiger partial charge in [-0.2, -0.15) is 0 Å². The predicted octanol–water partition coefficient (Wildman–Crippen LogP) is 2.64. The Kier molecular flexibility index (Phi) is 4.37. The van der Waals surface area contributed by atoms with Crippen molar-refractivity contribution < 1.29 is 4.79 Å². The average Bonchev–Trinajstić information content (AvgIpc) is 2.40. The Morgan fingerprint density at radius 2 is 2.00 bits per heavy atom. The second-order valence-electron chi connectivity index (χ2n) is 5.15. The fraction of sp³-hybridized carbons (Fsp3) is 0.533. The summed E-state index contributed by atoms with van der Waals surface area (Å²) in [5.74, 6) is 0.201. The van der Waals surface area contributed by atoms with E-state index in [-0.39, 0.29) is 5.78 Å². The number of carbonyl (C=O) groups is 1. The smallest absolute Gasteiger partial charge is 0.164 e. The summed E-state index contributed by atoms with van der Waals surface area (Å²) in [5, 5.41) is 0. The minimum atomic E-state index is 0.201. The Balaban J connectivity index is 1.88. The van der Waals surface area contributed by atoms with Gasteiger partial charge in [0.15, 0.2) is 5.78 Å². The summed E-state index contributed by atoms with van der Waals surface area (Å²) in [6, 6.07) is 5.60. The van der Waals surface area contributed by atoms with Crippen molar-refractivity contribution in [3.63, 3.8) is 0 Å². The van der Waals surface area contributed by atoms with E-state index >= 15 is 0 Å². The van der Waals surface area contributed by atoms with E-state index in [1.807, 2.05) is 19.1 Å². The molecule has 0 bridgehead atoms. The molecule has 3 heteroatoms. The topological polar surface area (TPSA) is 46.3 Å². The van der Waals surface area contributed by atoms with Gasteiger partial charge in [-0.25, -0.2) is 0 Å². The molecule has 2 rings (SSSR count). The summed E-state index contributed by atoms with van der Waals surface area (Å²) in [7, 11) is 0. The van der Waals surface area contributed by atoms with Crippen LogP contribution in [0.3, 0.4) is 0 Å². The van der Waals surface area contributed by atoms with E-state index in [4.69, 9.17) is 5.73 Å². The third-order valence-electron chi connectivity index (χ3n) is 3.70. The van der Waals surface area contributed by atoms with E-state index < -0.39 is 0 Å². The zero-order chi connectivity index (χ0) is 13.0. The number of rotatable bonds is 4. The van der Waals surface area contributed by atoms with E-state index in [2.05, 4.69) is 4.90 Å². The highest BCUT2D eigenvalue weighted by Gasteiger charge is 2.13. The highest BCUT2D eigenvalue weighted by atomic mass is 16.1. The number of carbonyl (C=O) groups excluding carboxylic acids is 1. The van der Waals surface area contributed by atoms with Crippen LogP contribution in [0.4, 0.5) is 5.69 Å². The first-order chi connectivity index (χ1) is 8.66. The van der Waals surface area contributed by atoms with Gasteiger partial charge < -0.3 is 10.6 Å². The third kappa shape index (κ3) is 3.33. The van der Waals surface area contributed by atoms with E-state index in [1.54, 1.807) is 6.07 Å². The molecule has 1 aliphatic heterocycles. The molecule has 0 unspecified atom stereocenters. The maximum Gasteiger partial charge on any atom is 0.164 e. The number of anilines is 1. The number of aryl methyl sites for hydroxylation is 1. The van der Waals surface area contributed by atoms with Crippen LogP contribution in [0.5, 0.6) is 0 Å². The number of piperidine rings is 1. The lowest BCUT2D eigenvalue weighted by molar-refractivity contribution is 0.0958. The fourth-order valence-corrected chi connectivity index (χ4v) is 2.40. The lowest BCUT2D eigenvalue weighted by Crippen LogP contribution is -2.31. The van der Waals surface area contributed by atoms with Crippen molar-refractivity contribution in [1.29, 1.82) is 0 Å². The molecule has 0 spiro atoms. The van der Waals surface area contributed by atoms with Crippen molar-refractivity contribution >= 4 is 11.5 Å². The van der Waals surface area contributed by atoms with E-state index in [0.717, 1.165) is 30.8 Å². The van der Waals surface area contributed by atoms with E-state index in [0.29, 0.717) is 12.1 Å². The van der Waals surface area contributed by atoms with Crippen LogP contribution in [0, 0.1) is 6.92 Å². The molecule has 3 nitrogen and oxygen atoms in total. The molecule has 1 aliphatic rings. The largest absolute Gasteiger partial charge is 0.398 e. The molecule has 1 heterocycles. The Bertz CT molecular complexity index is 423. The number of likely N-dealkylation sites (tertiary alicyclic amines) is 1. The molecule has 0 radical (unpaired) electrons. The summed E-state index contributed by atoms with van der Waals surface area (Å²) in [4.78, 5) is 14.5. The number of hydrogen-bond acceptors (Lipinski definition) is 3. The van der Waals surface area contributed by atoms with Gasteiger partial charge in [0.1, 0.15) is 0 Å². The maximum absolute atomic E-state index is 12.1. The molecule has 0 amide bonds. The number of benzene rings is 1. The van der Waals surface area contributed by atoms with Crippen molar-refractivity contribution in [2.75, 3.05) is 25.4 Å². The third-order valence-corrected chi connectivity index (χ3v) is 3.70. The zero-order valence-electron chi connectivity index (χ0n) is 11.1. The van der Waals surface area contributed by atoms with Crippen molar-refractivity contribution in [1.82, 2.24) is 4.90 Å². The molecule has 0 aromatic heterocycles. The van der Waals surface area contributed by atoms with E-state index in [1.165, 1.54) is 19.3 Å². The Labute approximate surface area is 109 Å². The first kappa shape index (κ1) is 13.1. The average molecular weight is 246 g/mol. The summed E-state index contributed by atoms with van der Waals surface area (Å²) in [6.07, 6.45) is 4.47. The number of nitrogens with two attached hydrogens (primary N) is 1. The van der Waals surface area contributed by atoms with Gasteiger partial charge in [-0.1, -0.05) is 18.6 Å². The van der Waals surface area contributed by atoms with E-state index in [9.17, 15) is 4.79 Å². The van der Waals surface area contributed by atoms with Gasteiger partial charge in [0.2, 0.25) is 0 Å². The van der Waals surface area contributed by atoms with Gasteiger partial charge in [-0.15, -0.1) is 0 Å². The van der Waals surface area contributed by atoms with Gasteiger partial charge in [-0.05, 0) is 44.5 Å². The second kappa shape index (κ2) is 6.01. The monoisotopic (exact) mass is 246 g/mol. The highest BCUT2D eigenvalue weighted by molar-refractivity contribution is 5.97. The molecule has 0 saturated carbocycles. The van der Waals surface area contributed by atoms with Gasteiger partial charge >= 0.3 is 0 Å². The molecule has 1 aromatic rings. The van der Waals surface area contributed by atoms with Gasteiger partial charge in [-0.3, -0.25) is 4.79 Å². The van der Waals surface area contributed by atoms with Gasteiger partial charge in [0.05, 0.1) is 0 Å². The number of nitrogen functional groups attached to an aromatic ring is 1. The number of hydrogen-bond donors (Lipinski definition) is 1. The van der Waals surface area contributed by atoms with Crippen molar-refractivity contribution in [3.05, 3.63) is 29.3 Å². The first-order valence-electron chi connectivity index (χ1n) is 6.78. The Morgan fingerprint density at radius 1 is 1.28 bits per heavy atom. The Hall–Kier alpha value is -1.35. The standard InChI is InChI=1S/C15H22N2O/c1-12-5-6-13(11-14(12)16)15(18)7-10-17-8-3-2-4-9-17/h5-6,11H,2-4,7-10,16H2,1H3. The van der Waals surface area contributed by atoms with Crippen molar-refractivity contribution in [2.45, 2.75) is 32.6 Å². The molecular weight excluding hydrogens is 224 g/mol. The quantitative estimate of drug-likeness (QED) is 0.656. The number of Topliss-reactive ketones (excluding diaryl/α,β-unsaturated/α-hetero) is 1. The fourth-order valence-electron chi connectivity index (χ4n) is 2.40. The minimum Gasteiger partial charge on any atom is -0.398 e. The molecule has 98 valence electrons. The maximum atomic E-state index is 12.1. The summed E-state index contributed by atoms with van der Waals surface area (Å²) >= 11 is 0. The number of ketones is 1. The molecule has 18 heavy (non-hydrogen) atoms. The zero-order valence-corrected chi connectivity index (χ0v) is 11.1. The van der Waals surface area contributed by atoms with Crippen molar-refractivity contribution in [3.8, 4) is 0 Å². The predicted molar refractivity (Wildman–Crippen MR) is 74.8 cm³/mol. The second-order valence-corrected chi connectivity index (χ2v) is 5.15. The van der Waals surface area contributed by atoms with Crippen LogP contribution >= 0.6 is 0 Å². The van der Waals surface area contributed by atoms with Crippen LogP contribution in [0.1, 0.15) is 41.6 Å². The number of nitrogens with zero attached hydrogens (tertiary/aromatic N) is 1. The normalized spacial score (nSPS) is 16.7. The van der Waals surface area contributed by atoms with Crippen molar-refractivity contribution in [2.24, 2.45) is 0 Å². The summed E-state index contributed by atoms with van der Waals surface area (Å²) in [6.45, 7) is 5.12. The van der Waals surface area contributed by atoms with Gasteiger partial charge in [0.25, 0.3) is 0 Å². The Morgan fingerprint density at radius 3 is 2.67 bits per heavy atom. The summed E-state index contributed by atoms with van der Waals surface area (Å²) < 4.78 is 0. The molecule has 0 aliphatic carbocycles. The molecular formula is C15H22N2O. The molecule has 0 atom stereocenters.